The number of thiophene rings is 1. The van der Waals surface area contributed by atoms with Crippen molar-refractivity contribution in [3.8, 4) is 0 Å². The fourth-order valence-corrected chi connectivity index (χ4v) is 4.15. The number of carboxylic acids is 1. The highest BCUT2D eigenvalue weighted by molar-refractivity contribution is 7.91. The van der Waals surface area contributed by atoms with Crippen molar-refractivity contribution in [2.24, 2.45) is 0 Å². The van der Waals surface area contributed by atoms with Crippen LogP contribution in [0.2, 0.25) is 0 Å². The molecule has 2 rings (SSSR count). The SMILES string of the molecule is Cc1cc(S(=O)(=O)NCCC(=O)NC2CC2)sc1C(=O)O. The van der Waals surface area contributed by atoms with E-state index in [0.717, 1.165) is 12.8 Å². The first-order chi connectivity index (χ1) is 9.79. The van der Waals surface area contributed by atoms with Crippen LogP contribution in [-0.4, -0.2) is 38.0 Å². The summed E-state index contributed by atoms with van der Waals surface area (Å²) in [4.78, 5) is 22.4. The molecule has 7 nitrogen and oxygen atoms in total. The number of rotatable bonds is 7. The fraction of sp³-hybridized carbons (Fsp3) is 0.500. The molecule has 1 heterocycles. The molecule has 0 unspecified atom stereocenters. The van der Waals surface area contributed by atoms with Gasteiger partial charge in [0.2, 0.25) is 15.9 Å². The Morgan fingerprint density at radius 1 is 1.43 bits per heavy atom. The quantitative estimate of drug-likeness (QED) is 0.680. The van der Waals surface area contributed by atoms with Gasteiger partial charge in [-0.25, -0.2) is 17.9 Å². The highest BCUT2D eigenvalue weighted by Gasteiger charge is 2.24. The summed E-state index contributed by atoms with van der Waals surface area (Å²) in [5.74, 6) is -1.34. The minimum absolute atomic E-state index is 0.00171. The van der Waals surface area contributed by atoms with Crippen LogP contribution in [-0.2, 0) is 14.8 Å². The molecule has 0 spiro atoms. The van der Waals surface area contributed by atoms with Crippen molar-refractivity contribution in [2.75, 3.05) is 6.54 Å². The highest BCUT2D eigenvalue weighted by Crippen LogP contribution is 2.25. The number of amides is 1. The summed E-state index contributed by atoms with van der Waals surface area (Å²) in [6.45, 7) is 1.53. The van der Waals surface area contributed by atoms with Gasteiger partial charge in [0, 0.05) is 19.0 Å². The lowest BCUT2D eigenvalue weighted by molar-refractivity contribution is -0.121. The third-order valence-corrected chi connectivity index (χ3v) is 6.10. The maximum absolute atomic E-state index is 12.0. The van der Waals surface area contributed by atoms with Crippen LogP contribution >= 0.6 is 11.3 Å². The van der Waals surface area contributed by atoms with Gasteiger partial charge in [-0.1, -0.05) is 0 Å². The monoisotopic (exact) mass is 332 g/mol. The van der Waals surface area contributed by atoms with E-state index in [2.05, 4.69) is 10.0 Å². The normalized spacial score (nSPS) is 14.9. The number of hydrogen-bond donors (Lipinski definition) is 3. The summed E-state index contributed by atoms with van der Waals surface area (Å²) in [5.41, 5.74) is 0.402. The maximum atomic E-state index is 12.0. The van der Waals surface area contributed by atoms with Crippen LogP contribution in [0.1, 0.15) is 34.5 Å². The number of aryl methyl sites for hydroxylation is 1. The lowest BCUT2D eigenvalue weighted by Gasteiger charge is -2.05. The van der Waals surface area contributed by atoms with Crippen molar-refractivity contribution in [1.82, 2.24) is 10.0 Å². The second-order valence-electron chi connectivity index (χ2n) is 4.87. The Morgan fingerprint density at radius 2 is 2.10 bits per heavy atom. The van der Waals surface area contributed by atoms with Crippen LogP contribution in [0.3, 0.4) is 0 Å². The minimum Gasteiger partial charge on any atom is -0.477 e. The van der Waals surface area contributed by atoms with Crippen molar-refractivity contribution in [1.29, 1.82) is 0 Å². The van der Waals surface area contributed by atoms with E-state index < -0.39 is 16.0 Å². The molecule has 0 radical (unpaired) electrons. The Kier molecular flexibility index (Phi) is 4.64. The van der Waals surface area contributed by atoms with Crippen LogP contribution in [0.4, 0.5) is 0 Å². The predicted molar refractivity (Wildman–Crippen MR) is 77.0 cm³/mol. The number of sulfonamides is 1. The average Bonchev–Trinajstić information content (AvgIpc) is 3.07. The number of aromatic carboxylic acids is 1. The average molecular weight is 332 g/mol. The summed E-state index contributed by atoms with van der Waals surface area (Å²) in [6, 6.07) is 1.56. The summed E-state index contributed by atoms with van der Waals surface area (Å²) in [7, 11) is -3.78. The van der Waals surface area contributed by atoms with Crippen molar-refractivity contribution in [3.05, 3.63) is 16.5 Å². The van der Waals surface area contributed by atoms with Crippen molar-refractivity contribution in [2.45, 2.75) is 36.4 Å². The maximum Gasteiger partial charge on any atom is 0.346 e. The lowest BCUT2D eigenvalue weighted by atomic mass is 10.3. The molecule has 1 amide bonds. The zero-order valence-electron chi connectivity index (χ0n) is 11.4. The number of carbonyl (C=O) groups excluding carboxylic acids is 1. The second kappa shape index (κ2) is 6.12. The molecular weight excluding hydrogens is 316 g/mol. The predicted octanol–water partition coefficient (Wildman–Crippen LogP) is 0.702. The summed E-state index contributed by atoms with van der Waals surface area (Å²) in [5, 5.41) is 11.7. The molecule has 9 heteroatoms. The highest BCUT2D eigenvalue weighted by atomic mass is 32.2. The molecule has 0 aromatic carbocycles. The van der Waals surface area contributed by atoms with E-state index >= 15 is 0 Å². The first-order valence-electron chi connectivity index (χ1n) is 6.42. The number of hydrogen-bond acceptors (Lipinski definition) is 5. The molecule has 0 bridgehead atoms. The zero-order chi connectivity index (χ0) is 15.6. The molecule has 0 aliphatic heterocycles. The van der Waals surface area contributed by atoms with E-state index in [9.17, 15) is 18.0 Å². The molecule has 116 valence electrons. The van der Waals surface area contributed by atoms with Crippen LogP contribution in [0.25, 0.3) is 0 Å². The molecule has 0 saturated heterocycles. The number of carbonyl (C=O) groups is 2. The Morgan fingerprint density at radius 3 is 2.62 bits per heavy atom. The second-order valence-corrected chi connectivity index (χ2v) is 7.92. The van der Waals surface area contributed by atoms with Gasteiger partial charge in [-0.05, 0) is 31.4 Å². The van der Waals surface area contributed by atoms with Gasteiger partial charge in [0.1, 0.15) is 9.09 Å². The van der Waals surface area contributed by atoms with E-state index in [1.165, 1.54) is 6.07 Å². The van der Waals surface area contributed by atoms with Gasteiger partial charge in [0.25, 0.3) is 0 Å². The van der Waals surface area contributed by atoms with E-state index in [1.807, 2.05) is 0 Å². The Hall–Kier alpha value is -1.45. The Labute approximate surface area is 126 Å². The molecule has 0 atom stereocenters. The Bertz CT molecular complexity index is 661. The van der Waals surface area contributed by atoms with Crippen LogP contribution < -0.4 is 10.0 Å². The molecule has 1 fully saturated rings. The van der Waals surface area contributed by atoms with Gasteiger partial charge in [-0.15, -0.1) is 11.3 Å². The van der Waals surface area contributed by atoms with Crippen LogP contribution in [0, 0.1) is 6.92 Å². The standard InChI is InChI=1S/C12H16N2O5S2/c1-7-6-10(20-11(7)12(16)17)21(18,19)13-5-4-9(15)14-8-2-3-8/h6,8,13H,2-5H2,1H3,(H,14,15)(H,16,17). The van der Waals surface area contributed by atoms with E-state index in [4.69, 9.17) is 5.11 Å². The minimum atomic E-state index is -3.78. The third-order valence-electron chi connectivity index (χ3n) is 2.94. The third kappa shape index (κ3) is 4.26. The van der Waals surface area contributed by atoms with Crippen molar-refractivity contribution in [3.63, 3.8) is 0 Å². The van der Waals surface area contributed by atoms with Crippen LogP contribution in [0.15, 0.2) is 10.3 Å². The number of nitrogens with one attached hydrogen (secondary N) is 2. The Balaban J connectivity index is 1.93. The largest absolute Gasteiger partial charge is 0.477 e. The fourth-order valence-electron chi connectivity index (χ4n) is 1.70. The molecular formula is C12H16N2O5S2. The van der Waals surface area contributed by atoms with Crippen LogP contribution in [0.5, 0.6) is 0 Å². The molecule has 1 aliphatic carbocycles. The zero-order valence-corrected chi connectivity index (χ0v) is 13.0. The van der Waals surface area contributed by atoms with E-state index in [-0.39, 0.29) is 34.0 Å². The van der Waals surface area contributed by atoms with E-state index in [1.54, 1.807) is 6.92 Å². The molecule has 1 aromatic rings. The topological polar surface area (TPSA) is 113 Å². The molecule has 3 N–H and O–H groups in total. The van der Waals surface area contributed by atoms with Gasteiger partial charge in [-0.2, -0.15) is 0 Å². The summed E-state index contributed by atoms with van der Waals surface area (Å²) in [6.07, 6.45) is 2.01. The van der Waals surface area contributed by atoms with E-state index in [0.29, 0.717) is 16.9 Å². The molecule has 1 aliphatic rings. The van der Waals surface area contributed by atoms with Crippen molar-refractivity contribution < 1.29 is 23.1 Å². The van der Waals surface area contributed by atoms with Gasteiger partial charge < -0.3 is 10.4 Å². The smallest absolute Gasteiger partial charge is 0.346 e. The van der Waals surface area contributed by atoms with Gasteiger partial charge in [0.05, 0.1) is 0 Å². The first kappa shape index (κ1) is 15.9. The van der Waals surface area contributed by atoms with Gasteiger partial charge in [-0.3, -0.25) is 4.79 Å². The van der Waals surface area contributed by atoms with Gasteiger partial charge >= 0.3 is 5.97 Å². The van der Waals surface area contributed by atoms with Gasteiger partial charge in [0.15, 0.2) is 0 Å². The molecule has 21 heavy (non-hydrogen) atoms. The lowest BCUT2D eigenvalue weighted by Crippen LogP contribution is -2.31. The summed E-state index contributed by atoms with van der Waals surface area (Å²) < 4.78 is 26.3. The summed E-state index contributed by atoms with van der Waals surface area (Å²) >= 11 is 0.703. The number of carboxylic acid groups (broad SMARTS) is 1. The molecule has 1 aromatic heterocycles. The molecule has 1 saturated carbocycles. The van der Waals surface area contributed by atoms with Crippen molar-refractivity contribution >= 4 is 33.2 Å². The first-order valence-corrected chi connectivity index (χ1v) is 8.72.